The molecule has 104 valence electrons. The highest BCUT2D eigenvalue weighted by Gasteiger charge is 2.53. The molecule has 0 aromatic rings. The number of carbonyl (C=O) groups is 1. The van der Waals surface area contributed by atoms with Gasteiger partial charge in [-0.2, -0.15) is 0 Å². The van der Waals surface area contributed by atoms with Crippen molar-refractivity contribution in [3.63, 3.8) is 0 Å². The van der Waals surface area contributed by atoms with Crippen molar-refractivity contribution >= 4 is 5.91 Å². The molecule has 4 heteroatoms. The number of carbonyl (C=O) groups excluding carboxylic acids is 1. The molecule has 1 aliphatic carbocycles. The molecule has 19 heavy (non-hydrogen) atoms. The minimum absolute atomic E-state index is 0.0164. The van der Waals surface area contributed by atoms with Gasteiger partial charge in [0.25, 0.3) is 5.91 Å². The highest BCUT2D eigenvalue weighted by Crippen LogP contribution is 2.44. The number of amides is 1. The molecule has 1 fully saturated rings. The molecule has 2 aliphatic heterocycles. The first kappa shape index (κ1) is 12.9. The first-order valence-electron chi connectivity index (χ1n) is 7.23. The number of allylic oxidation sites excluding steroid dienone is 2. The van der Waals surface area contributed by atoms with Crippen LogP contribution >= 0.6 is 0 Å². The van der Waals surface area contributed by atoms with E-state index in [1.807, 2.05) is 6.08 Å². The van der Waals surface area contributed by atoms with Crippen molar-refractivity contribution in [1.29, 1.82) is 0 Å². The molecule has 2 heterocycles. The van der Waals surface area contributed by atoms with Gasteiger partial charge in [-0.3, -0.25) is 4.79 Å². The predicted octanol–water partition coefficient (Wildman–Crippen LogP) is 1.80. The quantitative estimate of drug-likeness (QED) is 0.798. The normalized spacial score (nSPS) is 37.7. The maximum absolute atomic E-state index is 12.4. The van der Waals surface area contributed by atoms with Crippen LogP contribution < -0.4 is 5.32 Å². The summed E-state index contributed by atoms with van der Waals surface area (Å²) in [5, 5.41) is 13.1. The monoisotopic (exact) mass is 263 g/mol. The number of aliphatic hydroxyl groups is 1. The molecule has 3 aliphatic rings. The second-order valence-corrected chi connectivity index (χ2v) is 5.74. The zero-order valence-corrected chi connectivity index (χ0v) is 11.3. The van der Waals surface area contributed by atoms with E-state index < -0.39 is 11.7 Å². The second kappa shape index (κ2) is 4.76. The van der Waals surface area contributed by atoms with Crippen LogP contribution in [-0.2, 0) is 9.53 Å². The van der Waals surface area contributed by atoms with Crippen molar-refractivity contribution in [1.82, 2.24) is 5.32 Å². The number of hydrogen-bond acceptors (Lipinski definition) is 3. The van der Waals surface area contributed by atoms with E-state index in [2.05, 4.69) is 18.3 Å². The summed E-state index contributed by atoms with van der Waals surface area (Å²) in [4.78, 5) is 12.4. The third-order valence-electron chi connectivity index (χ3n) is 4.31. The Morgan fingerprint density at radius 1 is 1.58 bits per heavy atom. The minimum atomic E-state index is -0.905. The van der Waals surface area contributed by atoms with Gasteiger partial charge < -0.3 is 15.2 Å². The lowest BCUT2D eigenvalue weighted by Gasteiger charge is -2.41. The van der Waals surface area contributed by atoms with Crippen LogP contribution in [0.4, 0.5) is 0 Å². The SMILES string of the molecule is CCC[C@H]1C[C@H](O)C[C@]2(O1)C(=O)NC1=C2CCC=C1. The van der Waals surface area contributed by atoms with E-state index >= 15 is 0 Å². The summed E-state index contributed by atoms with van der Waals surface area (Å²) < 4.78 is 6.16. The fourth-order valence-corrected chi connectivity index (χ4v) is 3.50. The third-order valence-corrected chi connectivity index (χ3v) is 4.31. The lowest BCUT2D eigenvalue weighted by Crippen LogP contribution is -2.52. The number of ether oxygens (including phenoxy) is 1. The Morgan fingerprint density at radius 2 is 2.42 bits per heavy atom. The van der Waals surface area contributed by atoms with Gasteiger partial charge in [0, 0.05) is 12.1 Å². The molecule has 1 spiro atoms. The maximum Gasteiger partial charge on any atom is 0.261 e. The molecule has 0 aromatic heterocycles. The van der Waals surface area contributed by atoms with E-state index in [1.54, 1.807) is 0 Å². The predicted molar refractivity (Wildman–Crippen MR) is 71.3 cm³/mol. The summed E-state index contributed by atoms with van der Waals surface area (Å²) in [6.07, 6.45) is 8.28. The van der Waals surface area contributed by atoms with Crippen LogP contribution in [0.3, 0.4) is 0 Å². The van der Waals surface area contributed by atoms with Crippen molar-refractivity contribution < 1.29 is 14.6 Å². The molecule has 1 saturated heterocycles. The van der Waals surface area contributed by atoms with Crippen molar-refractivity contribution in [2.45, 2.75) is 63.3 Å². The largest absolute Gasteiger partial charge is 0.393 e. The van der Waals surface area contributed by atoms with Gasteiger partial charge in [0.1, 0.15) is 0 Å². The van der Waals surface area contributed by atoms with Crippen molar-refractivity contribution in [3.8, 4) is 0 Å². The van der Waals surface area contributed by atoms with Crippen LogP contribution in [0, 0.1) is 0 Å². The summed E-state index contributed by atoms with van der Waals surface area (Å²) in [7, 11) is 0. The smallest absolute Gasteiger partial charge is 0.261 e. The number of hydrogen-bond donors (Lipinski definition) is 2. The fourth-order valence-electron chi connectivity index (χ4n) is 3.50. The van der Waals surface area contributed by atoms with E-state index in [1.165, 1.54) is 0 Å². The molecule has 0 bridgehead atoms. The Balaban J connectivity index is 1.94. The van der Waals surface area contributed by atoms with Gasteiger partial charge in [-0.15, -0.1) is 0 Å². The van der Waals surface area contributed by atoms with Gasteiger partial charge in [0.15, 0.2) is 5.60 Å². The van der Waals surface area contributed by atoms with E-state index in [4.69, 9.17) is 4.74 Å². The highest BCUT2D eigenvalue weighted by atomic mass is 16.5. The summed E-state index contributed by atoms with van der Waals surface area (Å²) in [6, 6.07) is 0. The molecular weight excluding hydrogens is 242 g/mol. The maximum atomic E-state index is 12.4. The molecule has 1 amide bonds. The topological polar surface area (TPSA) is 58.6 Å². The van der Waals surface area contributed by atoms with Gasteiger partial charge in [-0.25, -0.2) is 0 Å². The van der Waals surface area contributed by atoms with Gasteiger partial charge in [-0.1, -0.05) is 19.4 Å². The van der Waals surface area contributed by atoms with Gasteiger partial charge in [0.2, 0.25) is 0 Å². The Morgan fingerprint density at radius 3 is 3.21 bits per heavy atom. The molecule has 0 aromatic carbocycles. The van der Waals surface area contributed by atoms with Gasteiger partial charge in [-0.05, 0) is 37.3 Å². The molecule has 0 saturated carbocycles. The number of aliphatic hydroxyl groups excluding tert-OH is 1. The second-order valence-electron chi connectivity index (χ2n) is 5.74. The Kier molecular flexibility index (Phi) is 3.23. The van der Waals surface area contributed by atoms with E-state index in [0.717, 1.165) is 37.0 Å². The average molecular weight is 263 g/mol. The van der Waals surface area contributed by atoms with Gasteiger partial charge in [0.05, 0.1) is 12.2 Å². The van der Waals surface area contributed by atoms with Crippen molar-refractivity contribution in [2.24, 2.45) is 0 Å². The van der Waals surface area contributed by atoms with E-state index in [9.17, 15) is 9.90 Å². The van der Waals surface area contributed by atoms with Crippen LogP contribution in [0.1, 0.15) is 45.4 Å². The zero-order chi connectivity index (χ0) is 13.5. The number of nitrogens with one attached hydrogen (secondary N) is 1. The molecule has 3 rings (SSSR count). The van der Waals surface area contributed by atoms with Crippen LogP contribution in [0.15, 0.2) is 23.4 Å². The zero-order valence-electron chi connectivity index (χ0n) is 11.3. The highest BCUT2D eigenvalue weighted by molar-refractivity contribution is 5.95. The third kappa shape index (κ3) is 2.03. The Labute approximate surface area is 113 Å². The average Bonchev–Trinajstić information content (AvgIpc) is 2.62. The lowest BCUT2D eigenvalue weighted by atomic mass is 9.80. The van der Waals surface area contributed by atoms with Gasteiger partial charge >= 0.3 is 0 Å². The van der Waals surface area contributed by atoms with E-state index in [-0.39, 0.29) is 12.0 Å². The molecular formula is C15H21NO3. The molecule has 0 unspecified atom stereocenters. The molecule has 3 atom stereocenters. The van der Waals surface area contributed by atoms with Crippen LogP contribution in [-0.4, -0.2) is 28.8 Å². The molecule has 4 nitrogen and oxygen atoms in total. The molecule has 2 N–H and O–H groups in total. The minimum Gasteiger partial charge on any atom is -0.393 e. The number of rotatable bonds is 2. The first-order valence-corrected chi connectivity index (χ1v) is 7.23. The Hall–Kier alpha value is -1.13. The first-order chi connectivity index (χ1) is 9.15. The van der Waals surface area contributed by atoms with Crippen molar-refractivity contribution in [2.75, 3.05) is 0 Å². The summed E-state index contributed by atoms with van der Waals surface area (Å²) in [5.41, 5.74) is 1.03. The number of fused-ring (bicyclic) bond motifs is 1. The molecule has 0 radical (unpaired) electrons. The standard InChI is InChI=1S/C15H21NO3/c1-2-5-11-8-10(17)9-15(19-11)12-6-3-4-7-13(12)16-14(15)18/h4,7,10-11,17H,2-3,5-6,8-9H2,1H3,(H,16,18)/t10-,11-,15+/m0/s1. The summed E-state index contributed by atoms with van der Waals surface area (Å²) >= 11 is 0. The van der Waals surface area contributed by atoms with Crippen molar-refractivity contribution in [3.05, 3.63) is 23.4 Å². The van der Waals surface area contributed by atoms with E-state index in [0.29, 0.717) is 12.8 Å². The summed E-state index contributed by atoms with van der Waals surface area (Å²) in [5.74, 6) is -0.0936. The fraction of sp³-hybridized carbons (Fsp3) is 0.667. The summed E-state index contributed by atoms with van der Waals surface area (Å²) in [6.45, 7) is 2.10. The van der Waals surface area contributed by atoms with Crippen LogP contribution in [0.25, 0.3) is 0 Å². The van der Waals surface area contributed by atoms with Crippen LogP contribution in [0.5, 0.6) is 0 Å². The van der Waals surface area contributed by atoms with Crippen LogP contribution in [0.2, 0.25) is 0 Å². The lowest BCUT2D eigenvalue weighted by molar-refractivity contribution is -0.168. The Bertz CT molecular complexity index is 454.